The molecule has 0 saturated carbocycles. The van der Waals surface area contributed by atoms with Crippen LogP contribution in [0.1, 0.15) is 27.3 Å². The van der Waals surface area contributed by atoms with Gasteiger partial charge >= 0.3 is 0 Å². The number of fused-ring (bicyclic) bond motifs is 1. The van der Waals surface area contributed by atoms with Gasteiger partial charge in [0, 0.05) is 33.9 Å². The maximum Gasteiger partial charge on any atom is 0.255 e. The molecule has 3 aromatic carbocycles. The van der Waals surface area contributed by atoms with Gasteiger partial charge in [-0.2, -0.15) is 0 Å². The molecule has 0 fully saturated rings. The summed E-state index contributed by atoms with van der Waals surface area (Å²) in [5.41, 5.74) is 7.98. The second-order valence-corrected chi connectivity index (χ2v) is 9.00. The predicted octanol–water partition coefficient (Wildman–Crippen LogP) is 6.93. The van der Waals surface area contributed by atoms with Crippen LogP contribution >= 0.6 is 11.3 Å². The highest BCUT2D eigenvalue weighted by molar-refractivity contribution is 7.21. The molecule has 0 spiro atoms. The van der Waals surface area contributed by atoms with Crippen molar-refractivity contribution in [2.45, 2.75) is 20.8 Å². The van der Waals surface area contributed by atoms with Gasteiger partial charge in [0.1, 0.15) is 5.01 Å². The van der Waals surface area contributed by atoms with Crippen LogP contribution < -0.4 is 5.32 Å². The van der Waals surface area contributed by atoms with E-state index in [9.17, 15) is 4.79 Å². The normalized spacial score (nSPS) is 11.1. The number of carbonyl (C=O) groups is 1. The summed E-state index contributed by atoms with van der Waals surface area (Å²) in [5.74, 6) is -0.121. The standard InChI is InChI=1S/C27H23N3OS/c1-17-16-21(12-15-23(17)27-29-24-6-4-5-7-25(24)32-27)28-26(31)20-10-13-22(14-11-20)30-18(2)8-9-19(30)3/h4-16H,1-3H3,(H,28,31). The Hall–Kier alpha value is -3.70. The number of aryl methyl sites for hydroxylation is 3. The number of amides is 1. The summed E-state index contributed by atoms with van der Waals surface area (Å²) in [6, 6.07) is 26.0. The fourth-order valence-corrected chi connectivity index (χ4v) is 5.07. The summed E-state index contributed by atoms with van der Waals surface area (Å²) >= 11 is 1.68. The van der Waals surface area contributed by atoms with E-state index in [1.54, 1.807) is 11.3 Å². The van der Waals surface area contributed by atoms with Gasteiger partial charge in [0.15, 0.2) is 0 Å². The van der Waals surface area contributed by atoms with Crippen LogP contribution in [0.25, 0.3) is 26.5 Å². The zero-order chi connectivity index (χ0) is 22.2. The minimum Gasteiger partial charge on any atom is -0.322 e. The molecule has 0 aliphatic rings. The molecule has 2 heterocycles. The highest BCUT2D eigenvalue weighted by atomic mass is 32.1. The molecule has 1 amide bonds. The first-order valence-electron chi connectivity index (χ1n) is 10.5. The second-order valence-electron chi connectivity index (χ2n) is 7.97. The highest BCUT2D eigenvalue weighted by Gasteiger charge is 2.12. The maximum atomic E-state index is 12.8. The summed E-state index contributed by atoms with van der Waals surface area (Å²) in [6.07, 6.45) is 0. The molecule has 1 N–H and O–H groups in total. The number of nitrogens with one attached hydrogen (secondary N) is 1. The van der Waals surface area contributed by atoms with Gasteiger partial charge < -0.3 is 9.88 Å². The van der Waals surface area contributed by atoms with Gasteiger partial charge in [0.2, 0.25) is 0 Å². The van der Waals surface area contributed by atoms with E-state index in [0.29, 0.717) is 5.56 Å². The lowest BCUT2D eigenvalue weighted by Gasteiger charge is -2.11. The summed E-state index contributed by atoms with van der Waals surface area (Å²) in [4.78, 5) is 17.6. The number of benzene rings is 3. The Balaban J connectivity index is 1.35. The van der Waals surface area contributed by atoms with Crippen molar-refractivity contribution in [2.24, 2.45) is 0 Å². The number of para-hydroxylation sites is 1. The molecule has 0 aliphatic heterocycles. The van der Waals surface area contributed by atoms with E-state index in [0.717, 1.165) is 33.0 Å². The molecule has 0 atom stereocenters. The second kappa shape index (κ2) is 8.09. The zero-order valence-electron chi connectivity index (χ0n) is 18.2. The van der Waals surface area contributed by atoms with Crippen molar-refractivity contribution in [3.05, 3.63) is 101 Å². The number of anilines is 1. The Morgan fingerprint density at radius 1 is 0.875 bits per heavy atom. The molecule has 0 unspecified atom stereocenters. The molecule has 32 heavy (non-hydrogen) atoms. The van der Waals surface area contributed by atoms with Gasteiger partial charge in [-0.1, -0.05) is 12.1 Å². The monoisotopic (exact) mass is 437 g/mol. The van der Waals surface area contributed by atoms with E-state index in [4.69, 9.17) is 4.98 Å². The Bertz CT molecular complexity index is 1390. The van der Waals surface area contributed by atoms with Crippen LogP contribution in [-0.2, 0) is 0 Å². The van der Waals surface area contributed by atoms with Crippen molar-refractivity contribution in [1.82, 2.24) is 9.55 Å². The lowest BCUT2D eigenvalue weighted by molar-refractivity contribution is 0.102. The third kappa shape index (κ3) is 3.72. The topological polar surface area (TPSA) is 46.9 Å². The van der Waals surface area contributed by atoms with E-state index in [-0.39, 0.29) is 5.91 Å². The molecule has 5 aromatic rings. The largest absolute Gasteiger partial charge is 0.322 e. The van der Waals surface area contributed by atoms with Crippen LogP contribution in [0.2, 0.25) is 0 Å². The fraction of sp³-hybridized carbons (Fsp3) is 0.111. The number of thiazole rings is 1. The van der Waals surface area contributed by atoms with Crippen LogP contribution in [0.15, 0.2) is 78.9 Å². The van der Waals surface area contributed by atoms with Gasteiger partial charge in [-0.25, -0.2) is 4.98 Å². The Labute approximate surface area is 191 Å². The number of carbonyl (C=O) groups excluding carboxylic acids is 1. The molecule has 5 heteroatoms. The van der Waals surface area contributed by atoms with Gasteiger partial charge in [-0.3, -0.25) is 4.79 Å². The molecule has 0 saturated heterocycles. The molecule has 0 aliphatic carbocycles. The first-order chi connectivity index (χ1) is 15.5. The SMILES string of the molecule is Cc1cc(NC(=O)c2ccc(-n3c(C)ccc3C)cc2)ccc1-c1nc2ccccc2s1. The zero-order valence-corrected chi connectivity index (χ0v) is 19.0. The molecule has 158 valence electrons. The van der Waals surface area contributed by atoms with E-state index in [1.165, 1.54) is 16.1 Å². The summed E-state index contributed by atoms with van der Waals surface area (Å²) in [7, 11) is 0. The van der Waals surface area contributed by atoms with Crippen molar-refractivity contribution in [1.29, 1.82) is 0 Å². The Morgan fingerprint density at radius 3 is 2.28 bits per heavy atom. The number of aromatic nitrogens is 2. The molecule has 2 aromatic heterocycles. The first-order valence-corrected chi connectivity index (χ1v) is 11.3. The van der Waals surface area contributed by atoms with Crippen molar-refractivity contribution in [3.8, 4) is 16.3 Å². The predicted molar refractivity (Wildman–Crippen MR) is 133 cm³/mol. The van der Waals surface area contributed by atoms with E-state index in [2.05, 4.69) is 41.9 Å². The van der Waals surface area contributed by atoms with Crippen molar-refractivity contribution in [2.75, 3.05) is 5.32 Å². The molecular weight excluding hydrogens is 414 g/mol. The van der Waals surface area contributed by atoms with Gasteiger partial charge in [0.05, 0.1) is 10.2 Å². The van der Waals surface area contributed by atoms with Crippen LogP contribution in [0, 0.1) is 20.8 Å². The lowest BCUT2D eigenvalue weighted by atomic mass is 10.1. The number of hydrogen-bond donors (Lipinski definition) is 1. The molecular formula is C27H23N3OS. The lowest BCUT2D eigenvalue weighted by Crippen LogP contribution is -2.12. The maximum absolute atomic E-state index is 12.8. The van der Waals surface area contributed by atoms with Crippen molar-refractivity contribution in [3.63, 3.8) is 0 Å². The summed E-state index contributed by atoms with van der Waals surface area (Å²) < 4.78 is 3.35. The smallest absolute Gasteiger partial charge is 0.255 e. The van der Waals surface area contributed by atoms with Gasteiger partial charge in [0.25, 0.3) is 5.91 Å². The molecule has 0 radical (unpaired) electrons. The fourth-order valence-electron chi connectivity index (χ4n) is 4.01. The van der Waals surface area contributed by atoms with E-state index < -0.39 is 0 Å². The molecule has 4 nitrogen and oxygen atoms in total. The molecule has 5 rings (SSSR count). The van der Waals surface area contributed by atoms with Crippen LogP contribution in [0.5, 0.6) is 0 Å². The minimum absolute atomic E-state index is 0.121. The van der Waals surface area contributed by atoms with E-state index in [1.807, 2.05) is 67.6 Å². The summed E-state index contributed by atoms with van der Waals surface area (Å²) in [6.45, 7) is 6.20. The average molecular weight is 438 g/mol. The number of hydrogen-bond acceptors (Lipinski definition) is 3. The van der Waals surface area contributed by atoms with E-state index >= 15 is 0 Å². The Kier molecular flexibility index (Phi) is 5.11. The van der Waals surface area contributed by atoms with Crippen LogP contribution in [-0.4, -0.2) is 15.5 Å². The third-order valence-electron chi connectivity index (χ3n) is 5.67. The Morgan fingerprint density at radius 2 is 1.59 bits per heavy atom. The quantitative estimate of drug-likeness (QED) is 0.331. The van der Waals surface area contributed by atoms with Crippen LogP contribution in [0.4, 0.5) is 5.69 Å². The summed E-state index contributed by atoms with van der Waals surface area (Å²) in [5, 5.41) is 4.01. The number of nitrogens with zero attached hydrogens (tertiary/aromatic N) is 2. The minimum atomic E-state index is -0.121. The average Bonchev–Trinajstić information content (AvgIpc) is 3.36. The van der Waals surface area contributed by atoms with Crippen LogP contribution in [0.3, 0.4) is 0 Å². The third-order valence-corrected chi connectivity index (χ3v) is 6.74. The molecule has 0 bridgehead atoms. The number of rotatable bonds is 4. The van der Waals surface area contributed by atoms with Crippen molar-refractivity contribution >= 4 is 33.1 Å². The van der Waals surface area contributed by atoms with Crippen molar-refractivity contribution < 1.29 is 4.79 Å². The highest BCUT2D eigenvalue weighted by Crippen LogP contribution is 2.33. The van der Waals surface area contributed by atoms with Gasteiger partial charge in [-0.15, -0.1) is 11.3 Å². The first kappa shape index (κ1) is 20.2. The van der Waals surface area contributed by atoms with Gasteiger partial charge in [-0.05, 0) is 93.1 Å².